The second-order valence-corrected chi connectivity index (χ2v) is 6.45. The molecule has 1 aromatic heterocycles. The molecule has 1 heterocycles. The highest BCUT2D eigenvalue weighted by atomic mass is 32.2. The van der Waals surface area contributed by atoms with Crippen molar-refractivity contribution in [3.8, 4) is 0 Å². The molecule has 0 fully saturated rings. The lowest BCUT2D eigenvalue weighted by Gasteiger charge is -2.10. The van der Waals surface area contributed by atoms with E-state index in [9.17, 15) is 18.3 Å². The fourth-order valence-corrected chi connectivity index (χ4v) is 3.42. The first-order chi connectivity index (χ1) is 11.0. The predicted molar refractivity (Wildman–Crippen MR) is 83.3 cm³/mol. The van der Waals surface area contributed by atoms with Gasteiger partial charge in [0, 0.05) is 17.3 Å². The zero-order valence-electron chi connectivity index (χ0n) is 11.8. The SMILES string of the molecule is O=C([O-])c1ccc(NS(=O)(=O)c2cccc3cccnc23)cc1. The molecular weight excluding hydrogens is 316 g/mol. The lowest BCUT2D eigenvalue weighted by molar-refractivity contribution is -0.255. The summed E-state index contributed by atoms with van der Waals surface area (Å²) in [6, 6.07) is 13.6. The maximum atomic E-state index is 12.6. The van der Waals surface area contributed by atoms with Crippen LogP contribution in [0.5, 0.6) is 0 Å². The largest absolute Gasteiger partial charge is 0.545 e. The van der Waals surface area contributed by atoms with Gasteiger partial charge in [-0.3, -0.25) is 9.71 Å². The molecule has 0 bridgehead atoms. The van der Waals surface area contributed by atoms with E-state index in [0.29, 0.717) is 10.9 Å². The first kappa shape index (κ1) is 15.0. The lowest BCUT2D eigenvalue weighted by atomic mass is 10.2. The Bertz CT molecular complexity index is 977. The standard InChI is InChI=1S/C16H12N2O4S/c19-16(20)12-6-8-13(9-7-12)18-23(21,22)14-5-1-3-11-4-2-10-17-15(11)14/h1-10,18H,(H,19,20)/p-1. The summed E-state index contributed by atoms with van der Waals surface area (Å²) in [7, 11) is -3.85. The molecule has 0 aliphatic heterocycles. The Morgan fingerprint density at radius 2 is 1.70 bits per heavy atom. The Hall–Kier alpha value is -2.93. The molecular formula is C16H11N2O4S-. The van der Waals surface area contributed by atoms with Crippen LogP contribution >= 0.6 is 0 Å². The van der Waals surface area contributed by atoms with Crippen LogP contribution in [-0.2, 0) is 10.0 Å². The monoisotopic (exact) mass is 327 g/mol. The molecule has 3 rings (SSSR count). The van der Waals surface area contributed by atoms with Gasteiger partial charge in [0.15, 0.2) is 0 Å². The summed E-state index contributed by atoms with van der Waals surface area (Å²) < 4.78 is 27.5. The summed E-state index contributed by atoms with van der Waals surface area (Å²) in [6.07, 6.45) is 1.52. The van der Waals surface area contributed by atoms with Crippen molar-refractivity contribution in [2.24, 2.45) is 0 Å². The third kappa shape index (κ3) is 3.00. The predicted octanol–water partition coefficient (Wildman–Crippen LogP) is 1.40. The van der Waals surface area contributed by atoms with Gasteiger partial charge in [0.25, 0.3) is 10.0 Å². The van der Waals surface area contributed by atoms with Crippen molar-refractivity contribution < 1.29 is 18.3 Å². The fraction of sp³-hybridized carbons (Fsp3) is 0. The normalized spacial score (nSPS) is 11.3. The number of hydrogen-bond acceptors (Lipinski definition) is 5. The van der Waals surface area contributed by atoms with E-state index >= 15 is 0 Å². The minimum atomic E-state index is -3.85. The van der Waals surface area contributed by atoms with Gasteiger partial charge in [-0.2, -0.15) is 0 Å². The number of carbonyl (C=O) groups excluding carboxylic acids is 1. The molecule has 23 heavy (non-hydrogen) atoms. The summed E-state index contributed by atoms with van der Waals surface area (Å²) in [6.45, 7) is 0. The quantitative estimate of drug-likeness (QED) is 0.781. The third-order valence-corrected chi connectivity index (χ3v) is 4.67. The average molecular weight is 327 g/mol. The van der Waals surface area contributed by atoms with Crippen LogP contribution < -0.4 is 9.83 Å². The average Bonchev–Trinajstić information content (AvgIpc) is 2.54. The lowest BCUT2D eigenvalue weighted by Crippen LogP contribution is -2.22. The number of nitrogens with zero attached hydrogens (tertiary/aromatic N) is 1. The topological polar surface area (TPSA) is 99.2 Å². The minimum Gasteiger partial charge on any atom is -0.545 e. The summed E-state index contributed by atoms with van der Waals surface area (Å²) in [5, 5.41) is 11.4. The van der Waals surface area contributed by atoms with Crippen LogP contribution in [0.25, 0.3) is 10.9 Å². The molecule has 0 unspecified atom stereocenters. The molecule has 0 saturated carbocycles. The van der Waals surface area contributed by atoms with Crippen LogP contribution in [0.4, 0.5) is 5.69 Å². The number of anilines is 1. The molecule has 116 valence electrons. The Kier molecular flexibility index (Phi) is 3.71. The number of aromatic nitrogens is 1. The van der Waals surface area contributed by atoms with Crippen molar-refractivity contribution in [3.63, 3.8) is 0 Å². The second kappa shape index (κ2) is 5.69. The molecule has 1 N–H and O–H groups in total. The van der Waals surface area contributed by atoms with E-state index in [4.69, 9.17) is 0 Å². The molecule has 7 heteroatoms. The number of pyridine rings is 1. The number of fused-ring (bicyclic) bond motifs is 1. The molecule has 0 spiro atoms. The van der Waals surface area contributed by atoms with Gasteiger partial charge in [0.2, 0.25) is 0 Å². The van der Waals surface area contributed by atoms with Gasteiger partial charge in [-0.05, 0) is 29.8 Å². The van der Waals surface area contributed by atoms with Crippen molar-refractivity contribution in [2.75, 3.05) is 4.72 Å². The molecule has 0 aliphatic rings. The highest BCUT2D eigenvalue weighted by Crippen LogP contribution is 2.23. The zero-order chi connectivity index (χ0) is 16.4. The van der Waals surface area contributed by atoms with Crippen LogP contribution in [0.2, 0.25) is 0 Å². The number of sulfonamides is 1. The van der Waals surface area contributed by atoms with Crippen molar-refractivity contribution >= 4 is 32.6 Å². The Morgan fingerprint density at radius 1 is 1.00 bits per heavy atom. The van der Waals surface area contributed by atoms with Crippen molar-refractivity contribution in [1.82, 2.24) is 4.98 Å². The summed E-state index contributed by atoms with van der Waals surface area (Å²) in [5.74, 6) is -1.32. The van der Waals surface area contributed by atoms with Crippen molar-refractivity contribution in [1.29, 1.82) is 0 Å². The van der Waals surface area contributed by atoms with Gasteiger partial charge >= 0.3 is 0 Å². The third-order valence-electron chi connectivity index (χ3n) is 3.26. The van der Waals surface area contributed by atoms with E-state index in [1.165, 1.54) is 36.5 Å². The van der Waals surface area contributed by atoms with Gasteiger partial charge < -0.3 is 9.90 Å². The van der Waals surface area contributed by atoms with E-state index in [1.54, 1.807) is 24.3 Å². The maximum absolute atomic E-state index is 12.6. The highest BCUT2D eigenvalue weighted by Gasteiger charge is 2.18. The maximum Gasteiger partial charge on any atom is 0.264 e. The fourth-order valence-electron chi connectivity index (χ4n) is 2.18. The van der Waals surface area contributed by atoms with Crippen LogP contribution in [0.3, 0.4) is 0 Å². The molecule has 0 atom stereocenters. The highest BCUT2D eigenvalue weighted by molar-refractivity contribution is 7.93. The molecule has 0 amide bonds. The van der Waals surface area contributed by atoms with Gasteiger partial charge in [-0.1, -0.05) is 30.3 Å². The first-order valence-electron chi connectivity index (χ1n) is 6.65. The first-order valence-corrected chi connectivity index (χ1v) is 8.14. The number of hydrogen-bond donors (Lipinski definition) is 1. The Balaban J connectivity index is 1.99. The van der Waals surface area contributed by atoms with Crippen molar-refractivity contribution in [2.45, 2.75) is 4.90 Å². The van der Waals surface area contributed by atoms with Gasteiger partial charge in [0.05, 0.1) is 11.5 Å². The molecule has 3 aromatic rings. The van der Waals surface area contributed by atoms with E-state index in [1.807, 2.05) is 0 Å². The number of carboxylic acid groups (broad SMARTS) is 1. The molecule has 0 aliphatic carbocycles. The number of aromatic carboxylic acids is 1. The van der Waals surface area contributed by atoms with E-state index in [2.05, 4.69) is 9.71 Å². The molecule has 2 aromatic carbocycles. The van der Waals surface area contributed by atoms with Gasteiger partial charge in [-0.25, -0.2) is 8.42 Å². The molecule has 0 saturated heterocycles. The van der Waals surface area contributed by atoms with E-state index < -0.39 is 16.0 Å². The zero-order valence-corrected chi connectivity index (χ0v) is 12.6. The Labute approximate surface area is 132 Å². The molecule has 0 radical (unpaired) electrons. The van der Waals surface area contributed by atoms with Crippen LogP contribution in [0.1, 0.15) is 10.4 Å². The number of benzene rings is 2. The second-order valence-electron chi connectivity index (χ2n) is 4.80. The van der Waals surface area contributed by atoms with E-state index in [0.717, 1.165) is 0 Å². The summed E-state index contributed by atoms with van der Waals surface area (Å²) in [4.78, 5) is 14.9. The van der Waals surface area contributed by atoms with E-state index in [-0.39, 0.29) is 16.1 Å². The number of carbonyl (C=O) groups is 1. The molecule has 6 nitrogen and oxygen atoms in total. The number of para-hydroxylation sites is 1. The summed E-state index contributed by atoms with van der Waals surface area (Å²) >= 11 is 0. The number of nitrogens with one attached hydrogen (secondary N) is 1. The van der Waals surface area contributed by atoms with Crippen LogP contribution in [-0.4, -0.2) is 19.4 Å². The van der Waals surface area contributed by atoms with Crippen LogP contribution in [0.15, 0.2) is 65.7 Å². The summed E-state index contributed by atoms with van der Waals surface area (Å²) in [5.41, 5.74) is 0.594. The smallest absolute Gasteiger partial charge is 0.264 e. The van der Waals surface area contributed by atoms with Gasteiger partial charge in [0.1, 0.15) is 4.90 Å². The van der Waals surface area contributed by atoms with Crippen molar-refractivity contribution in [3.05, 3.63) is 66.4 Å². The van der Waals surface area contributed by atoms with Gasteiger partial charge in [-0.15, -0.1) is 0 Å². The minimum absolute atomic E-state index is 0.0280. The Morgan fingerprint density at radius 3 is 2.39 bits per heavy atom. The number of rotatable bonds is 4. The number of carboxylic acids is 1. The van der Waals surface area contributed by atoms with Crippen LogP contribution in [0, 0.1) is 0 Å².